The van der Waals surface area contributed by atoms with Crippen molar-refractivity contribution in [1.82, 2.24) is 5.32 Å². The molecule has 0 aliphatic rings. The molecule has 0 saturated heterocycles. The van der Waals surface area contributed by atoms with Crippen molar-refractivity contribution in [3.63, 3.8) is 0 Å². The van der Waals surface area contributed by atoms with Gasteiger partial charge in [-0.25, -0.2) is 0 Å². The van der Waals surface area contributed by atoms with E-state index >= 15 is 0 Å². The van der Waals surface area contributed by atoms with Crippen molar-refractivity contribution in [2.75, 3.05) is 26.4 Å². The number of amides is 1. The summed E-state index contributed by atoms with van der Waals surface area (Å²) in [5.41, 5.74) is 0. The van der Waals surface area contributed by atoms with E-state index in [2.05, 4.69) is 5.32 Å². The maximum absolute atomic E-state index is 12.0. The highest BCUT2D eigenvalue weighted by Gasteiger charge is 2.17. The van der Waals surface area contributed by atoms with Crippen molar-refractivity contribution in [3.8, 4) is 5.75 Å². The third kappa shape index (κ3) is 6.54. The molecule has 0 heterocycles. The molecule has 1 aromatic rings. The van der Waals surface area contributed by atoms with E-state index in [9.17, 15) is 4.79 Å². The number of hydrogen-bond donors (Lipinski definition) is 2. The minimum atomic E-state index is -0.476. The molecule has 0 aliphatic carbocycles. The van der Waals surface area contributed by atoms with E-state index in [0.29, 0.717) is 38.3 Å². The summed E-state index contributed by atoms with van der Waals surface area (Å²) in [5.74, 6) is 0.583. The normalized spacial score (nSPS) is 11.9. The van der Waals surface area contributed by atoms with Gasteiger partial charge in [0.15, 0.2) is 6.10 Å². The zero-order chi connectivity index (χ0) is 14.6. The number of benzene rings is 1. The minimum absolute atomic E-state index is 0.0230. The molecule has 0 aromatic heterocycles. The first kappa shape index (κ1) is 16.5. The van der Waals surface area contributed by atoms with Gasteiger partial charge in [-0.15, -0.1) is 0 Å². The largest absolute Gasteiger partial charge is 0.481 e. The second-order valence-corrected chi connectivity index (χ2v) is 4.31. The highest BCUT2D eigenvalue weighted by Crippen LogP contribution is 2.12. The molecule has 0 fully saturated rings. The fourth-order valence-corrected chi connectivity index (χ4v) is 1.65. The second kappa shape index (κ2) is 10.2. The Kier molecular flexibility index (Phi) is 8.42. The van der Waals surface area contributed by atoms with E-state index < -0.39 is 6.10 Å². The van der Waals surface area contributed by atoms with Crippen molar-refractivity contribution < 1.29 is 19.4 Å². The fraction of sp³-hybridized carbons (Fsp3) is 0.533. The number of nitrogens with one attached hydrogen (secondary N) is 1. The van der Waals surface area contributed by atoms with Crippen LogP contribution in [-0.2, 0) is 9.53 Å². The molecular formula is C15H23NO4. The molecule has 5 nitrogen and oxygen atoms in total. The van der Waals surface area contributed by atoms with E-state index in [4.69, 9.17) is 14.6 Å². The molecule has 1 rings (SSSR count). The summed E-state index contributed by atoms with van der Waals surface area (Å²) in [7, 11) is 0. The molecule has 0 aliphatic heterocycles. The van der Waals surface area contributed by atoms with Crippen molar-refractivity contribution in [2.24, 2.45) is 0 Å². The molecule has 1 amide bonds. The Balaban J connectivity index is 2.25. The molecule has 112 valence electrons. The van der Waals surface area contributed by atoms with Gasteiger partial charge in [-0.1, -0.05) is 25.1 Å². The number of ether oxygens (including phenoxy) is 2. The third-order valence-corrected chi connectivity index (χ3v) is 2.69. The summed E-state index contributed by atoms with van der Waals surface area (Å²) in [6, 6.07) is 9.31. The van der Waals surface area contributed by atoms with Gasteiger partial charge in [-0.05, 0) is 25.0 Å². The van der Waals surface area contributed by atoms with Gasteiger partial charge in [-0.2, -0.15) is 0 Å². The lowest BCUT2D eigenvalue weighted by molar-refractivity contribution is -0.128. The van der Waals surface area contributed by atoms with Crippen LogP contribution in [0.4, 0.5) is 0 Å². The molecule has 0 bridgehead atoms. The quantitative estimate of drug-likeness (QED) is 0.635. The van der Waals surface area contributed by atoms with Crippen LogP contribution < -0.4 is 10.1 Å². The summed E-state index contributed by atoms with van der Waals surface area (Å²) in [5, 5.41) is 11.4. The van der Waals surface area contributed by atoms with Crippen molar-refractivity contribution in [2.45, 2.75) is 25.9 Å². The maximum atomic E-state index is 12.0. The zero-order valence-corrected chi connectivity index (χ0v) is 11.9. The Labute approximate surface area is 119 Å². The third-order valence-electron chi connectivity index (χ3n) is 2.69. The number of para-hydroxylation sites is 1. The fourth-order valence-electron chi connectivity index (χ4n) is 1.65. The van der Waals surface area contributed by atoms with E-state index in [1.807, 2.05) is 37.3 Å². The molecule has 0 spiro atoms. The average Bonchev–Trinajstić information content (AvgIpc) is 2.49. The van der Waals surface area contributed by atoms with Crippen molar-refractivity contribution in [1.29, 1.82) is 0 Å². The summed E-state index contributed by atoms with van der Waals surface area (Å²) >= 11 is 0. The number of aliphatic hydroxyl groups is 1. The van der Waals surface area contributed by atoms with E-state index in [1.165, 1.54) is 0 Å². The van der Waals surface area contributed by atoms with Crippen LogP contribution in [0.25, 0.3) is 0 Å². The molecule has 2 N–H and O–H groups in total. The summed E-state index contributed by atoms with van der Waals surface area (Å²) in [6.07, 6.45) is 0.852. The maximum Gasteiger partial charge on any atom is 0.261 e. The van der Waals surface area contributed by atoms with Gasteiger partial charge in [0.2, 0.25) is 0 Å². The van der Waals surface area contributed by atoms with Crippen LogP contribution in [0, 0.1) is 0 Å². The van der Waals surface area contributed by atoms with Crippen LogP contribution in [0.2, 0.25) is 0 Å². The average molecular weight is 281 g/mol. The van der Waals surface area contributed by atoms with Crippen molar-refractivity contribution in [3.05, 3.63) is 30.3 Å². The van der Waals surface area contributed by atoms with Gasteiger partial charge in [0.05, 0.1) is 13.2 Å². The SMILES string of the molecule is CCC(Oc1ccccc1)C(=O)NCCCOCCO. The Morgan fingerprint density at radius 2 is 2.05 bits per heavy atom. The van der Waals surface area contributed by atoms with Gasteiger partial charge >= 0.3 is 0 Å². The Hall–Kier alpha value is -1.59. The number of carbonyl (C=O) groups is 1. The molecule has 1 aromatic carbocycles. The monoisotopic (exact) mass is 281 g/mol. The van der Waals surface area contributed by atoms with Crippen LogP contribution in [-0.4, -0.2) is 43.5 Å². The first-order valence-corrected chi connectivity index (χ1v) is 6.96. The summed E-state index contributed by atoms with van der Waals surface area (Å²) in [4.78, 5) is 12.0. The van der Waals surface area contributed by atoms with Gasteiger partial charge in [0.25, 0.3) is 5.91 Å². The lowest BCUT2D eigenvalue weighted by Crippen LogP contribution is -2.38. The highest BCUT2D eigenvalue weighted by atomic mass is 16.5. The first-order chi connectivity index (χ1) is 9.77. The molecule has 1 atom stereocenters. The smallest absolute Gasteiger partial charge is 0.261 e. The van der Waals surface area contributed by atoms with Gasteiger partial charge < -0.3 is 19.9 Å². The van der Waals surface area contributed by atoms with E-state index in [-0.39, 0.29) is 12.5 Å². The first-order valence-electron chi connectivity index (χ1n) is 6.96. The predicted molar refractivity (Wildman–Crippen MR) is 76.7 cm³/mol. The Bertz CT molecular complexity index is 369. The molecule has 5 heteroatoms. The lowest BCUT2D eigenvalue weighted by atomic mass is 10.2. The van der Waals surface area contributed by atoms with Crippen LogP contribution in [0.15, 0.2) is 30.3 Å². The number of aliphatic hydroxyl groups excluding tert-OH is 1. The Morgan fingerprint density at radius 1 is 1.30 bits per heavy atom. The second-order valence-electron chi connectivity index (χ2n) is 4.31. The number of carbonyl (C=O) groups excluding carboxylic acids is 1. The lowest BCUT2D eigenvalue weighted by Gasteiger charge is -2.17. The predicted octanol–water partition coefficient (Wildman–Crippen LogP) is 1.36. The van der Waals surface area contributed by atoms with E-state index in [1.54, 1.807) is 0 Å². The Morgan fingerprint density at radius 3 is 2.70 bits per heavy atom. The van der Waals surface area contributed by atoms with E-state index in [0.717, 1.165) is 0 Å². The minimum Gasteiger partial charge on any atom is -0.481 e. The molecule has 20 heavy (non-hydrogen) atoms. The van der Waals surface area contributed by atoms with Crippen LogP contribution in [0.1, 0.15) is 19.8 Å². The van der Waals surface area contributed by atoms with Crippen LogP contribution in [0.5, 0.6) is 5.75 Å². The number of hydrogen-bond acceptors (Lipinski definition) is 4. The molecule has 0 saturated carbocycles. The van der Waals surface area contributed by atoms with Crippen LogP contribution >= 0.6 is 0 Å². The van der Waals surface area contributed by atoms with Gasteiger partial charge in [0.1, 0.15) is 5.75 Å². The summed E-state index contributed by atoms with van der Waals surface area (Å²) < 4.78 is 10.8. The topological polar surface area (TPSA) is 67.8 Å². The molecule has 0 radical (unpaired) electrons. The molecular weight excluding hydrogens is 258 g/mol. The van der Waals surface area contributed by atoms with Crippen LogP contribution in [0.3, 0.4) is 0 Å². The standard InChI is InChI=1S/C15H23NO4/c1-2-14(20-13-7-4-3-5-8-13)15(18)16-9-6-11-19-12-10-17/h3-5,7-8,14,17H,2,6,9-12H2,1H3,(H,16,18). The highest BCUT2D eigenvalue weighted by molar-refractivity contribution is 5.81. The summed E-state index contributed by atoms with van der Waals surface area (Å²) in [6.45, 7) is 3.34. The van der Waals surface area contributed by atoms with Gasteiger partial charge in [-0.3, -0.25) is 4.79 Å². The number of rotatable bonds is 10. The van der Waals surface area contributed by atoms with Gasteiger partial charge in [0, 0.05) is 13.2 Å². The molecule has 1 unspecified atom stereocenters. The zero-order valence-electron chi connectivity index (χ0n) is 11.9. The van der Waals surface area contributed by atoms with Crippen molar-refractivity contribution >= 4 is 5.91 Å².